The average Bonchev–Trinajstić information content (AvgIpc) is 2.26. The van der Waals surface area contributed by atoms with Gasteiger partial charge in [-0.25, -0.2) is 0 Å². The Morgan fingerprint density at radius 3 is 2.35 bits per heavy atom. The maximum absolute atomic E-state index is 6.38. The summed E-state index contributed by atoms with van der Waals surface area (Å²) in [6.45, 7) is 8.77. The van der Waals surface area contributed by atoms with E-state index in [2.05, 4.69) is 45.1 Å². The van der Waals surface area contributed by atoms with Crippen LogP contribution in [-0.4, -0.2) is 7.05 Å². The molecule has 1 nitrogen and oxygen atoms in total. The quantitative estimate of drug-likeness (QED) is 0.805. The molecule has 0 aliphatic rings. The molecule has 0 fully saturated rings. The fraction of sp³-hybridized carbons (Fsp3) is 0.600. The molecule has 17 heavy (non-hydrogen) atoms. The molecule has 2 heteroatoms. The fourth-order valence-corrected chi connectivity index (χ4v) is 2.75. The predicted octanol–water partition coefficient (Wildman–Crippen LogP) is 4.65. The molecule has 0 heterocycles. The van der Waals surface area contributed by atoms with Crippen LogP contribution in [0.25, 0.3) is 0 Å². The zero-order chi connectivity index (χ0) is 13.0. The largest absolute Gasteiger partial charge is 0.313 e. The van der Waals surface area contributed by atoms with Crippen molar-refractivity contribution in [1.82, 2.24) is 5.32 Å². The summed E-state index contributed by atoms with van der Waals surface area (Å²) in [5, 5.41) is 4.29. The molecule has 96 valence electrons. The third-order valence-corrected chi connectivity index (χ3v) is 3.90. The Bertz CT molecular complexity index is 373. The van der Waals surface area contributed by atoms with Crippen LogP contribution in [0.5, 0.6) is 0 Å². The van der Waals surface area contributed by atoms with Gasteiger partial charge >= 0.3 is 0 Å². The van der Waals surface area contributed by atoms with E-state index in [1.54, 1.807) is 0 Å². The van der Waals surface area contributed by atoms with Crippen LogP contribution in [0, 0.1) is 19.8 Å². The van der Waals surface area contributed by atoms with E-state index in [9.17, 15) is 0 Å². The van der Waals surface area contributed by atoms with E-state index in [1.807, 2.05) is 7.05 Å². The first-order valence-electron chi connectivity index (χ1n) is 6.45. The van der Waals surface area contributed by atoms with E-state index in [4.69, 9.17) is 11.6 Å². The Kier molecular flexibility index (Phi) is 5.48. The van der Waals surface area contributed by atoms with Gasteiger partial charge in [-0.05, 0) is 56.0 Å². The van der Waals surface area contributed by atoms with Crippen molar-refractivity contribution >= 4 is 11.6 Å². The number of benzene rings is 1. The lowest BCUT2D eigenvalue weighted by Crippen LogP contribution is -2.24. The molecule has 1 aromatic rings. The normalized spacial score (nSPS) is 14.7. The molecule has 0 aliphatic carbocycles. The summed E-state index contributed by atoms with van der Waals surface area (Å²) in [6.07, 6.45) is 2.43. The average molecular weight is 254 g/mol. The molecule has 2 unspecified atom stereocenters. The van der Waals surface area contributed by atoms with Crippen LogP contribution in [0.3, 0.4) is 0 Å². The molecule has 1 aromatic carbocycles. The molecule has 0 bridgehead atoms. The SMILES string of the molecule is CCCC(C)C(NC)c1cc(C)c(C)cc1Cl. The lowest BCUT2D eigenvalue weighted by molar-refractivity contribution is 0.384. The summed E-state index contributed by atoms with van der Waals surface area (Å²) < 4.78 is 0. The molecule has 1 N–H and O–H groups in total. The van der Waals surface area contributed by atoms with Gasteiger partial charge in [-0.2, -0.15) is 0 Å². The molecule has 0 aliphatic heterocycles. The van der Waals surface area contributed by atoms with Gasteiger partial charge in [0.2, 0.25) is 0 Å². The van der Waals surface area contributed by atoms with Crippen molar-refractivity contribution < 1.29 is 0 Å². The van der Waals surface area contributed by atoms with Crippen molar-refractivity contribution in [1.29, 1.82) is 0 Å². The molecule has 0 saturated carbocycles. The first kappa shape index (κ1) is 14.5. The molecule has 1 rings (SSSR count). The Morgan fingerprint density at radius 2 is 1.82 bits per heavy atom. The Balaban J connectivity index is 3.07. The molecule has 0 aromatic heterocycles. The highest BCUT2D eigenvalue weighted by atomic mass is 35.5. The van der Waals surface area contributed by atoms with Crippen LogP contribution < -0.4 is 5.32 Å². The van der Waals surface area contributed by atoms with Crippen molar-refractivity contribution in [2.75, 3.05) is 7.05 Å². The third-order valence-electron chi connectivity index (χ3n) is 3.57. The number of hydrogen-bond acceptors (Lipinski definition) is 1. The van der Waals surface area contributed by atoms with Gasteiger partial charge in [0.05, 0.1) is 0 Å². The highest BCUT2D eigenvalue weighted by molar-refractivity contribution is 6.31. The standard InChI is InChI=1S/C15H24ClN/c1-6-7-10(2)15(17-5)13-8-11(3)12(4)9-14(13)16/h8-10,15,17H,6-7H2,1-5H3. The molecule has 0 amide bonds. The number of halogens is 1. The van der Waals surface area contributed by atoms with Crippen LogP contribution in [-0.2, 0) is 0 Å². The van der Waals surface area contributed by atoms with E-state index < -0.39 is 0 Å². The highest BCUT2D eigenvalue weighted by Crippen LogP contribution is 2.32. The topological polar surface area (TPSA) is 12.0 Å². The molecule has 0 spiro atoms. The molecule has 0 saturated heterocycles. The number of hydrogen-bond donors (Lipinski definition) is 1. The van der Waals surface area contributed by atoms with Gasteiger partial charge in [-0.3, -0.25) is 0 Å². The molecule has 0 radical (unpaired) electrons. The highest BCUT2D eigenvalue weighted by Gasteiger charge is 2.19. The number of aryl methyl sites for hydroxylation is 2. The minimum absolute atomic E-state index is 0.349. The summed E-state index contributed by atoms with van der Waals surface area (Å²) in [4.78, 5) is 0. The third kappa shape index (κ3) is 3.46. The minimum Gasteiger partial charge on any atom is -0.313 e. The summed E-state index contributed by atoms with van der Waals surface area (Å²) in [6, 6.07) is 4.65. The van der Waals surface area contributed by atoms with Crippen molar-refractivity contribution in [3.05, 3.63) is 33.8 Å². The van der Waals surface area contributed by atoms with Crippen LogP contribution in [0.1, 0.15) is 49.4 Å². The number of rotatable bonds is 5. The van der Waals surface area contributed by atoms with Crippen molar-refractivity contribution in [2.24, 2.45) is 5.92 Å². The van der Waals surface area contributed by atoms with Crippen molar-refractivity contribution in [2.45, 2.75) is 46.6 Å². The maximum Gasteiger partial charge on any atom is 0.0456 e. The maximum atomic E-state index is 6.38. The van der Waals surface area contributed by atoms with Gasteiger partial charge in [0.25, 0.3) is 0 Å². The van der Waals surface area contributed by atoms with Crippen LogP contribution >= 0.6 is 11.6 Å². The van der Waals surface area contributed by atoms with E-state index in [0.717, 1.165) is 5.02 Å². The van der Waals surface area contributed by atoms with Gasteiger partial charge in [-0.15, -0.1) is 0 Å². The Labute approximate surface area is 111 Å². The summed E-state index contributed by atoms with van der Waals surface area (Å²) in [7, 11) is 2.02. The van der Waals surface area contributed by atoms with Crippen LogP contribution in [0.15, 0.2) is 12.1 Å². The molecular formula is C15H24ClN. The summed E-state index contributed by atoms with van der Waals surface area (Å²) in [5.74, 6) is 0.601. The predicted molar refractivity (Wildman–Crippen MR) is 76.8 cm³/mol. The Hall–Kier alpha value is -0.530. The van der Waals surface area contributed by atoms with Crippen molar-refractivity contribution in [3.8, 4) is 0 Å². The van der Waals surface area contributed by atoms with Crippen molar-refractivity contribution in [3.63, 3.8) is 0 Å². The van der Waals surface area contributed by atoms with Crippen LogP contribution in [0.4, 0.5) is 0 Å². The van der Waals surface area contributed by atoms with Gasteiger partial charge in [0.15, 0.2) is 0 Å². The van der Waals surface area contributed by atoms with E-state index in [0.29, 0.717) is 12.0 Å². The second-order valence-electron chi connectivity index (χ2n) is 4.99. The lowest BCUT2D eigenvalue weighted by Gasteiger charge is -2.25. The second kappa shape index (κ2) is 6.42. The first-order valence-corrected chi connectivity index (χ1v) is 6.83. The van der Waals surface area contributed by atoms with Gasteiger partial charge in [0, 0.05) is 11.1 Å². The number of nitrogens with one attached hydrogen (secondary N) is 1. The zero-order valence-corrected chi connectivity index (χ0v) is 12.4. The summed E-state index contributed by atoms with van der Waals surface area (Å²) in [5.41, 5.74) is 3.81. The molecule has 2 atom stereocenters. The van der Waals surface area contributed by atoms with Gasteiger partial charge in [-0.1, -0.05) is 37.9 Å². The second-order valence-corrected chi connectivity index (χ2v) is 5.40. The van der Waals surface area contributed by atoms with E-state index in [1.165, 1.54) is 29.5 Å². The van der Waals surface area contributed by atoms with Gasteiger partial charge in [0.1, 0.15) is 0 Å². The van der Waals surface area contributed by atoms with E-state index in [-0.39, 0.29) is 0 Å². The summed E-state index contributed by atoms with van der Waals surface area (Å²) >= 11 is 6.38. The fourth-order valence-electron chi connectivity index (χ4n) is 2.41. The van der Waals surface area contributed by atoms with Crippen LogP contribution in [0.2, 0.25) is 5.02 Å². The first-order chi connectivity index (χ1) is 8.01. The van der Waals surface area contributed by atoms with E-state index >= 15 is 0 Å². The lowest BCUT2D eigenvalue weighted by atomic mass is 9.89. The van der Waals surface area contributed by atoms with Gasteiger partial charge < -0.3 is 5.32 Å². The molecular weight excluding hydrogens is 230 g/mol. The zero-order valence-electron chi connectivity index (χ0n) is 11.6. The monoisotopic (exact) mass is 253 g/mol. The minimum atomic E-state index is 0.349. The Morgan fingerprint density at radius 1 is 1.24 bits per heavy atom. The smallest absolute Gasteiger partial charge is 0.0456 e.